The van der Waals surface area contributed by atoms with Gasteiger partial charge in [0.1, 0.15) is 4.70 Å². The number of hydrogen-bond acceptors (Lipinski definition) is 4. The normalized spacial score (nSPS) is 11.0. The van der Waals surface area contributed by atoms with E-state index in [4.69, 9.17) is 5.11 Å². The average molecular weight is 280 g/mol. The Bertz CT molecular complexity index is 645. The molecule has 102 valence electrons. The number of nitrogens with zero attached hydrogens (tertiary/aromatic N) is 2. The van der Waals surface area contributed by atoms with Crippen LogP contribution in [-0.2, 0) is 11.3 Å². The van der Waals surface area contributed by atoms with Crippen molar-refractivity contribution in [3.8, 4) is 0 Å². The maximum Gasteiger partial charge on any atom is 0.303 e. The number of aliphatic carboxylic acids is 1. The third-order valence-electron chi connectivity index (χ3n) is 3.01. The number of hydrogen-bond donors (Lipinski definition) is 1. The first kappa shape index (κ1) is 13.7. The van der Waals surface area contributed by atoms with Crippen molar-refractivity contribution in [2.75, 3.05) is 0 Å². The maximum atomic E-state index is 12.2. The molecule has 0 amide bonds. The molecular formula is C13H16N2O3S. The van der Waals surface area contributed by atoms with E-state index in [1.165, 1.54) is 11.3 Å². The molecule has 0 aromatic carbocycles. The third kappa shape index (κ3) is 3.20. The fraction of sp³-hybridized carbons (Fsp3) is 0.462. The summed E-state index contributed by atoms with van der Waals surface area (Å²) < 4.78 is 2.31. The SMILES string of the molecule is Cc1csc2c(=O)n(CCCCCC(=O)O)cnc12. The van der Waals surface area contributed by atoms with E-state index in [0.717, 1.165) is 23.9 Å². The van der Waals surface area contributed by atoms with Crippen LogP contribution in [0.25, 0.3) is 10.2 Å². The molecule has 6 heteroatoms. The van der Waals surface area contributed by atoms with Crippen molar-refractivity contribution in [1.29, 1.82) is 0 Å². The van der Waals surface area contributed by atoms with Crippen LogP contribution in [0, 0.1) is 6.92 Å². The zero-order chi connectivity index (χ0) is 13.8. The minimum Gasteiger partial charge on any atom is -0.481 e. The number of rotatable bonds is 6. The van der Waals surface area contributed by atoms with Gasteiger partial charge >= 0.3 is 5.97 Å². The fourth-order valence-corrected chi connectivity index (χ4v) is 2.90. The molecule has 2 aromatic heterocycles. The molecule has 0 spiro atoms. The smallest absolute Gasteiger partial charge is 0.303 e. The lowest BCUT2D eigenvalue weighted by Gasteiger charge is -2.04. The molecule has 0 fully saturated rings. The van der Waals surface area contributed by atoms with Gasteiger partial charge in [0.05, 0.1) is 11.8 Å². The summed E-state index contributed by atoms with van der Waals surface area (Å²) in [6.07, 6.45) is 4.03. The number of fused-ring (bicyclic) bond motifs is 1. The maximum absolute atomic E-state index is 12.2. The predicted molar refractivity (Wildman–Crippen MR) is 74.7 cm³/mol. The summed E-state index contributed by atoms with van der Waals surface area (Å²) in [7, 11) is 0. The first-order chi connectivity index (χ1) is 9.09. The number of carboxylic acids is 1. The van der Waals surface area contributed by atoms with Crippen LogP contribution in [0.15, 0.2) is 16.5 Å². The van der Waals surface area contributed by atoms with Crippen molar-refractivity contribution in [3.63, 3.8) is 0 Å². The predicted octanol–water partition coefficient (Wildman–Crippen LogP) is 2.41. The summed E-state index contributed by atoms with van der Waals surface area (Å²) in [5.74, 6) is -0.769. The van der Waals surface area contributed by atoms with Gasteiger partial charge in [0.25, 0.3) is 5.56 Å². The number of aryl methyl sites for hydroxylation is 2. The molecular weight excluding hydrogens is 264 g/mol. The molecule has 0 aliphatic heterocycles. The molecule has 0 aliphatic carbocycles. The molecule has 0 radical (unpaired) electrons. The van der Waals surface area contributed by atoms with Crippen molar-refractivity contribution in [2.45, 2.75) is 39.2 Å². The average Bonchev–Trinajstić information content (AvgIpc) is 2.74. The van der Waals surface area contributed by atoms with Crippen LogP contribution in [-0.4, -0.2) is 20.6 Å². The molecule has 19 heavy (non-hydrogen) atoms. The molecule has 0 aliphatic rings. The van der Waals surface area contributed by atoms with E-state index in [9.17, 15) is 9.59 Å². The second-order valence-electron chi connectivity index (χ2n) is 4.54. The highest BCUT2D eigenvalue weighted by molar-refractivity contribution is 7.17. The highest BCUT2D eigenvalue weighted by atomic mass is 32.1. The molecule has 2 heterocycles. The van der Waals surface area contributed by atoms with Gasteiger partial charge < -0.3 is 5.11 Å². The lowest BCUT2D eigenvalue weighted by Crippen LogP contribution is -2.19. The van der Waals surface area contributed by atoms with Crippen molar-refractivity contribution in [3.05, 3.63) is 27.6 Å². The van der Waals surface area contributed by atoms with Crippen molar-refractivity contribution >= 4 is 27.5 Å². The number of unbranched alkanes of at least 4 members (excludes halogenated alkanes) is 2. The zero-order valence-electron chi connectivity index (χ0n) is 10.8. The van der Waals surface area contributed by atoms with Crippen LogP contribution in [0.5, 0.6) is 0 Å². The van der Waals surface area contributed by atoms with E-state index in [1.54, 1.807) is 10.9 Å². The van der Waals surface area contributed by atoms with Crippen LogP contribution in [0.1, 0.15) is 31.2 Å². The Kier molecular flexibility index (Phi) is 4.31. The zero-order valence-corrected chi connectivity index (χ0v) is 11.6. The van der Waals surface area contributed by atoms with E-state index in [-0.39, 0.29) is 12.0 Å². The van der Waals surface area contributed by atoms with Crippen LogP contribution < -0.4 is 5.56 Å². The Balaban J connectivity index is 1.99. The largest absolute Gasteiger partial charge is 0.481 e. The van der Waals surface area contributed by atoms with Crippen LogP contribution in [0.3, 0.4) is 0 Å². The van der Waals surface area contributed by atoms with Crippen LogP contribution in [0.2, 0.25) is 0 Å². The minimum absolute atomic E-state index is 0.00124. The van der Waals surface area contributed by atoms with Gasteiger partial charge in [-0.1, -0.05) is 6.42 Å². The first-order valence-corrected chi connectivity index (χ1v) is 7.12. The summed E-state index contributed by atoms with van der Waals surface area (Å²) in [6, 6.07) is 0. The monoisotopic (exact) mass is 280 g/mol. The Hall–Kier alpha value is -1.69. The number of aromatic nitrogens is 2. The van der Waals surface area contributed by atoms with Gasteiger partial charge in [-0.15, -0.1) is 11.3 Å². The van der Waals surface area contributed by atoms with E-state index < -0.39 is 5.97 Å². The van der Waals surface area contributed by atoms with E-state index in [1.807, 2.05) is 12.3 Å². The Morgan fingerprint density at radius 1 is 1.42 bits per heavy atom. The lowest BCUT2D eigenvalue weighted by molar-refractivity contribution is -0.137. The third-order valence-corrected chi connectivity index (χ3v) is 4.09. The van der Waals surface area contributed by atoms with Gasteiger partial charge in [-0.25, -0.2) is 4.98 Å². The number of thiophene rings is 1. The second kappa shape index (κ2) is 5.97. The van der Waals surface area contributed by atoms with Gasteiger partial charge in [-0.05, 0) is 30.7 Å². The Morgan fingerprint density at radius 2 is 2.21 bits per heavy atom. The van der Waals surface area contributed by atoms with Crippen LogP contribution in [0.4, 0.5) is 0 Å². The van der Waals surface area contributed by atoms with E-state index in [0.29, 0.717) is 17.7 Å². The summed E-state index contributed by atoms with van der Waals surface area (Å²) in [4.78, 5) is 26.8. The van der Waals surface area contributed by atoms with Gasteiger partial charge in [0.2, 0.25) is 0 Å². The highest BCUT2D eigenvalue weighted by Crippen LogP contribution is 2.19. The molecule has 0 unspecified atom stereocenters. The summed E-state index contributed by atoms with van der Waals surface area (Å²) >= 11 is 1.43. The lowest BCUT2D eigenvalue weighted by atomic mass is 10.2. The molecule has 0 bridgehead atoms. The van der Waals surface area contributed by atoms with Gasteiger partial charge in [-0.2, -0.15) is 0 Å². The number of carboxylic acid groups (broad SMARTS) is 1. The quantitative estimate of drug-likeness (QED) is 0.825. The minimum atomic E-state index is -0.769. The summed E-state index contributed by atoms with van der Waals surface area (Å²) in [5, 5.41) is 10.5. The molecule has 0 saturated heterocycles. The first-order valence-electron chi connectivity index (χ1n) is 6.24. The van der Waals surface area contributed by atoms with Crippen molar-refractivity contribution < 1.29 is 9.90 Å². The molecule has 5 nitrogen and oxygen atoms in total. The summed E-state index contributed by atoms with van der Waals surface area (Å²) in [5.41, 5.74) is 1.82. The second-order valence-corrected chi connectivity index (χ2v) is 5.42. The molecule has 0 atom stereocenters. The standard InChI is InChI=1S/C13H16N2O3S/c1-9-7-19-12-11(9)14-8-15(13(12)18)6-4-2-3-5-10(16)17/h7-8H,2-6H2,1H3,(H,16,17). The van der Waals surface area contributed by atoms with Gasteiger partial charge in [0, 0.05) is 13.0 Å². The van der Waals surface area contributed by atoms with Crippen molar-refractivity contribution in [1.82, 2.24) is 9.55 Å². The van der Waals surface area contributed by atoms with Gasteiger partial charge in [0.15, 0.2) is 0 Å². The number of carbonyl (C=O) groups is 1. The fourth-order valence-electron chi connectivity index (χ4n) is 1.95. The Morgan fingerprint density at radius 3 is 2.95 bits per heavy atom. The van der Waals surface area contributed by atoms with Crippen LogP contribution >= 0.6 is 11.3 Å². The van der Waals surface area contributed by atoms with Crippen molar-refractivity contribution in [2.24, 2.45) is 0 Å². The van der Waals surface area contributed by atoms with Gasteiger partial charge in [-0.3, -0.25) is 14.2 Å². The molecule has 0 saturated carbocycles. The highest BCUT2D eigenvalue weighted by Gasteiger charge is 2.08. The summed E-state index contributed by atoms with van der Waals surface area (Å²) in [6.45, 7) is 2.54. The van der Waals surface area contributed by atoms with E-state index in [2.05, 4.69) is 4.98 Å². The molecule has 2 aromatic rings. The molecule has 1 N–H and O–H groups in total. The Labute approximate surface area is 114 Å². The molecule has 2 rings (SSSR count). The van der Waals surface area contributed by atoms with E-state index >= 15 is 0 Å². The topological polar surface area (TPSA) is 72.2 Å².